The lowest BCUT2D eigenvalue weighted by atomic mass is 10.2. The molecule has 29 heavy (non-hydrogen) atoms. The Balaban J connectivity index is 1.50. The summed E-state index contributed by atoms with van der Waals surface area (Å²) in [6.07, 6.45) is 3.68. The number of ether oxygens (including phenoxy) is 1. The van der Waals surface area contributed by atoms with Crippen molar-refractivity contribution in [3.8, 4) is 5.75 Å². The van der Waals surface area contributed by atoms with Gasteiger partial charge in [-0.05, 0) is 29.8 Å². The van der Waals surface area contributed by atoms with Gasteiger partial charge in [0.15, 0.2) is 0 Å². The van der Waals surface area contributed by atoms with Crippen LogP contribution in [0.25, 0.3) is 12.2 Å². The summed E-state index contributed by atoms with van der Waals surface area (Å²) < 4.78 is 28.7. The number of benzene rings is 2. The first-order valence-electron chi connectivity index (χ1n) is 8.32. The summed E-state index contributed by atoms with van der Waals surface area (Å²) in [4.78, 5) is 16.3. The van der Waals surface area contributed by atoms with Gasteiger partial charge < -0.3 is 10.1 Å². The molecule has 0 spiro atoms. The number of carbonyl (C=O) groups excluding carboxylic acids is 1. The van der Waals surface area contributed by atoms with Crippen molar-refractivity contribution in [1.29, 1.82) is 0 Å². The number of alkyl halides is 2. The van der Waals surface area contributed by atoms with E-state index in [1.54, 1.807) is 6.08 Å². The van der Waals surface area contributed by atoms with Gasteiger partial charge in [-0.1, -0.05) is 59.8 Å². The van der Waals surface area contributed by atoms with Gasteiger partial charge in [0, 0.05) is 5.69 Å². The van der Waals surface area contributed by atoms with Crippen LogP contribution in [0, 0.1) is 0 Å². The van der Waals surface area contributed by atoms with Crippen molar-refractivity contribution in [2.24, 2.45) is 0 Å². The molecule has 1 amide bonds. The van der Waals surface area contributed by atoms with Crippen LogP contribution in [0.3, 0.4) is 0 Å². The molecule has 0 unspecified atom stereocenters. The van der Waals surface area contributed by atoms with Gasteiger partial charge in [-0.2, -0.15) is 8.78 Å². The number of hydrogen-bond donors (Lipinski definition) is 2. The summed E-state index contributed by atoms with van der Waals surface area (Å²) in [6, 6.07) is 13.8. The molecule has 1 aromatic heterocycles. The van der Waals surface area contributed by atoms with Crippen molar-refractivity contribution >= 4 is 47.1 Å². The third kappa shape index (κ3) is 6.58. The maximum absolute atomic E-state index is 12.2. The van der Waals surface area contributed by atoms with Crippen molar-refractivity contribution in [2.45, 2.75) is 11.8 Å². The van der Waals surface area contributed by atoms with Crippen LogP contribution in [0.2, 0.25) is 5.02 Å². The first kappa shape index (κ1) is 20.8. The van der Waals surface area contributed by atoms with Crippen molar-refractivity contribution in [2.75, 3.05) is 11.1 Å². The van der Waals surface area contributed by atoms with E-state index in [0.717, 1.165) is 17.3 Å². The number of nitrogens with zero attached hydrogens (tertiary/aromatic N) is 2. The lowest BCUT2D eigenvalue weighted by Crippen LogP contribution is -2.14. The number of thioether (sulfide) groups is 1. The lowest BCUT2D eigenvalue weighted by molar-refractivity contribution is -0.113. The lowest BCUT2D eigenvalue weighted by Gasteiger charge is -2.09. The van der Waals surface area contributed by atoms with E-state index >= 15 is 0 Å². The Morgan fingerprint density at radius 2 is 2.03 bits per heavy atom. The molecule has 0 aliphatic carbocycles. The van der Waals surface area contributed by atoms with Gasteiger partial charge in [0.2, 0.25) is 11.1 Å². The maximum Gasteiger partial charge on any atom is 0.387 e. The standard InChI is InChI=1S/C19H15ClF2N4O2S/c20-14-10-13(7-8-15(14)28-18(21)22)23-17(27)11-29-19-24-16(25-26-19)9-6-12-4-2-1-3-5-12/h1-10,18H,11H2,(H,23,27)(H,24,25,26)/b9-6+. The SMILES string of the molecule is O=C(CSc1n[nH]c(/C=C/c2ccccc2)n1)Nc1ccc(OC(F)F)c(Cl)c1. The number of rotatable bonds is 8. The van der Waals surface area contributed by atoms with Crippen molar-refractivity contribution in [3.05, 3.63) is 64.9 Å². The molecule has 2 N–H and O–H groups in total. The Morgan fingerprint density at radius 3 is 2.76 bits per heavy atom. The highest BCUT2D eigenvalue weighted by Crippen LogP contribution is 2.29. The third-order valence-electron chi connectivity index (χ3n) is 3.48. The first-order chi connectivity index (χ1) is 14.0. The number of anilines is 1. The second-order valence-corrected chi connectivity index (χ2v) is 6.96. The summed E-state index contributed by atoms with van der Waals surface area (Å²) in [5.74, 6) is 0.149. The molecule has 0 bridgehead atoms. The fourth-order valence-corrected chi connectivity index (χ4v) is 3.06. The molecule has 0 radical (unpaired) electrons. The topological polar surface area (TPSA) is 79.9 Å². The van der Waals surface area contributed by atoms with E-state index in [1.807, 2.05) is 36.4 Å². The molecule has 0 aliphatic rings. The van der Waals surface area contributed by atoms with E-state index in [-0.39, 0.29) is 22.4 Å². The molecule has 0 saturated carbocycles. The molecule has 6 nitrogen and oxygen atoms in total. The van der Waals surface area contributed by atoms with E-state index in [4.69, 9.17) is 11.6 Å². The zero-order chi connectivity index (χ0) is 20.6. The Morgan fingerprint density at radius 1 is 1.24 bits per heavy atom. The molecular weight excluding hydrogens is 422 g/mol. The normalized spacial score (nSPS) is 11.2. The summed E-state index contributed by atoms with van der Waals surface area (Å²) in [6.45, 7) is -2.97. The Kier molecular flexibility index (Phi) is 7.20. The predicted octanol–water partition coefficient (Wildman–Crippen LogP) is 4.96. The molecule has 0 saturated heterocycles. The van der Waals surface area contributed by atoms with E-state index in [0.29, 0.717) is 16.7 Å². The van der Waals surface area contributed by atoms with Crippen molar-refractivity contribution < 1.29 is 18.3 Å². The van der Waals surface area contributed by atoms with Crippen LogP contribution in [-0.4, -0.2) is 33.5 Å². The van der Waals surface area contributed by atoms with Crippen LogP contribution in [-0.2, 0) is 4.79 Å². The van der Waals surface area contributed by atoms with E-state index < -0.39 is 6.61 Å². The molecule has 0 atom stereocenters. The summed E-state index contributed by atoms with van der Waals surface area (Å²) >= 11 is 7.01. The number of carbonyl (C=O) groups is 1. The van der Waals surface area contributed by atoms with Crippen LogP contribution >= 0.6 is 23.4 Å². The van der Waals surface area contributed by atoms with E-state index in [2.05, 4.69) is 25.2 Å². The average Bonchev–Trinajstić information content (AvgIpc) is 3.15. The molecule has 150 valence electrons. The minimum atomic E-state index is -2.97. The van der Waals surface area contributed by atoms with Gasteiger partial charge in [0.05, 0.1) is 10.8 Å². The molecule has 3 aromatic rings. The summed E-state index contributed by atoms with van der Waals surface area (Å²) in [5, 5.41) is 9.85. The molecule has 2 aromatic carbocycles. The van der Waals surface area contributed by atoms with Crippen LogP contribution in [0.4, 0.5) is 14.5 Å². The Hall–Kier alpha value is -2.91. The second kappa shape index (κ2) is 10.0. The predicted molar refractivity (Wildman–Crippen MR) is 109 cm³/mol. The van der Waals surface area contributed by atoms with E-state index in [1.165, 1.54) is 18.2 Å². The second-order valence-electron chi connectivity index (χ2n) is 5.61. The monoisotopic (exact) mass is 436 g/mol. The maximum atomic E-state index is 12.2. The molecule has 0 fully saturated rings. The third-order valence-corrected chi connectivity index (χ3v) is 4.62. The molecule has 3 rings (SSSR count). The quantitative estimate of drug-likeness (QED) is 0.488. The van der Waals surface area contributed by atoms with Gasteiger partial charge in [-0.3, -0.25) is 9.89 Å². The van der Waals surface area contributed by atoms with Gasteiger partial charge in [-0.25, -0.2) is 4.98 Å². The number of amides is 1. The number of hydrogen-bond acceptors (Lipinski definition) is 5. The van der Waals surface area contributed by atoms with Crippen LogP contribution < -0.4 is 10.1 Å². The largest absolute Gasteiger partial charge is 0.433 e. The molecular formula is C19H15ClF2N4O2S. The van der Waals surface area contributed by atoms with Crippen LogP contribution in [0.5, 0.6) is 5.75 Å². The molecule has 10 heteroatoms. The number of nitrogens with one attached hydrogen (secondary N) is 2. The minimum absolute atomic E-state index is 0.0282. The first-order valence-corrected chi connectivity index (χ1v) is 9.68. The van der Waals surface area contributed by atoms with Crippen LogP contribution in [0.15, 0.2) is 53.7 Å². The fourth-order valence-electron chi connectivity index (χ4n) is 2.23. The zero-order valence-electron chi connectivity index (χ0n) is 14.8. The van der Waals surface area contributed by atoms with Crippen molar-refractivity contribution in [1.82, 2.24) is 15.2 Å². The molecule has 0 aliphatic heterocycles. The smallest absolute Gasteiger partial charge is 0.387 e. The highest BCUT2D eigenvalue weighted by molar-refractivity contribution is 7.99. The highest BCUT2D eigenvalue weighted by Gasteiger charge is 2.11. The molecule has 1 heterocycles. The number of halogens is 3. The summed E-state index contributed by atoms with van der Waals surface area (Å²) in [5.41, 5.74) is 1.39. The van der Waals surface area contributed by atoms with Gasteiger partial charge in [0.1, 0.15) is 11.6 Å². The number of H-pyrrole nitrogens is 1. The van der Waals surface area contributed by atoms with Gasteiger partial charge in [-0.15, -0.1) is 5.10 Å². The minimum Gasteiger partial charge on any atom is -0.433 e. The fraction of sp³-hybridized carbons (Fsp3) is 0.105. The van der Waals surface area contributed by atoms with Crippen molar-refractivity contribution in [3.63, 3.8) is 0 Å². The zero-order valence-corrected chi connectivity index (χ0v) is 16.4. The Bertz CT molecular complexity index is 999. The average molecular weight is 437 g/mol. The number of aromatic nitrogens is 3. The number of aromatic amines is 1. The van der Waals surface area contributed by atoms with Gasteiger partial charge >= 0.3 is 6.61 Å². The summed E-state index contributed by atoms with van der Waals surface area (Å²) in [7, 11) is 0. The highest BCUT2D eigenvalue weighted by atomic mass is 35.5. The van der Waals surface area contributed by atoms with E-state index in [9.17, 15) is 13.6 Å². The Labute approximate surface area is 174 Å². The van der Waals surface area contributed by atoms with Gasteiger partial charge in [0.25, 0.3) is 0 Å². The van der Waals surface area contributed by atoms with Crippen LogP contribution in [0.1, 0.15) is 11.4 Å².